The zero-order chi connectivity index (χ0) is 11.9. The third kappa shape index (κ3) is 1.35. The molecule has 1 saturated heterocycles. The van der Waals surface area contributed by atoms with Crippen molar-refractivity contribution < 1.29 is 9.53 Å². The van der Waals surface area contributed by atoms with Gasteiger partial charge in [-0.05, 0) is 43.0 Å². The summed E-state index contributed by atoms with van der Waals surface area (Å²) in [5, 5.41) is 0. The topological polar surface area (TPSA) is 52.3 Å². The van der Waals surface area contributed by atoms with E-state index in [1.807, 2.05) is 19.1 Å². The van der Waals surface area contributed by atoms with Crippen LogP contribution in [0.5, 0.6) is 0 Å². The molecule has 1 amide bonds. The molecule has 0 aliphatic carbocycles. The first kappa shape index (κ1) is 11.1. The molecule has 3 nitrogen and oxygen atoms in total. The van der Waals surface area contributed by atoms with Crippen LogP contribution in [-0.2, 0) is 14.9 Å². The number of rotatable bonds is 2. The Bertz CT molecular complexity index is 447. The number of aryl methyl sites for hydroxylation is 1. The van der Waals surface area contributed by atoms with E-state index in [0.29, 0.717) is 13.2 Å². The molecule has 1 fully saturated rings. The number of hydrogen-bond acceptors (Lipinski definition) is 2. The summed E-state index contributed by atoms with van der Waals surface area (Å²) in [6, 6.07) is 4.05. The van der Waals surface area contributed by atoms with Crippen molar-refractivity contribution >= 4 is 5.91 Å². The lowest BCUT2D eigenvalue weighted by Gasteiger charge is -2.40. The molecule has 0 aromatic heterocycles. The van der Waals surface area contributed by atoms with Crippen molar-refractivity contribution in [3.8, 4) is 0 Å². The van der Waals surface area contributed by atoms with Gasteiger partial charge >= 0.3 is 0 Å². The Morgan fingerprint density at radius 2 is 1.88 bits per heavy atom. The molecule has 16 heavy (non-hydrogen) atoms. The molecule has 1 heterocycles. The van der Waals surface area contributed by atoms with Gasteiger partial charge in [0.2, 0.25) is 5.91 Å². The maximum absolute atomic E-state index is 11.6. The molecular weight excluding hydrogens is 202 g/mol. The highest BCUT2D eigenvalue weighted by molar-refractivity contribution is 5.88. The summed E-state index contributed by atoms with van der Waals surface area (Å²) in [4.78, 5) is 11.6. The van der Waals surface area contributed by atoms with Gasteiger partial charge in [-0.25, -0.2) is 0 Å². The second-order valence-electron chi connectivity index (χ2n) is 4.62. The van der Waals surface area contributed by atoms with Gasteiger partial charge in [-0.15, -0.1) is 0 Å². The van der Waals surface area contributed by atoms with Gasteiger partial charge in [-0.3, -0.25) is 4.79 Å². The molecule has 86 valence electrons. The molecule has 2 N–H and O–H groups in total. The number of ether oxygens (including phenoxy) is 1. The normalized spacial score (nSPS) is 17.9. The molecule has 3 heteroatoms. The lowest BCUT2D eigenvalue weighted by Crippen LogP contribution is -2.56. The van der Waals surface area contributed by atoms with Crippen molar-refractivity contribution in [2.24, 2.45) is 5.73 Å². The van der Waals surface area contributed by atoms with Crippen LogP contribution in [0.1, 0.15) is 22.3 Å². The van der Waals surface area contributed by atoms with Crippen molar-refractivity contribution in [3.05, 3.63) is 34.4 Å². The van der Waals surface area contributed by atoms with E-state index in [1.54, 1.807) is 0 Å². The zero-order valence-corrected chi connectivity index (χ0v) is 9.96. The average Bonchev–Trinajstić information content (AvgIpc) is 2.16. The summed E-state index contributed by atoms with van der Waals surface area (Å²) < 4.78 is 5.18. The van der Waals surface area contributed by atoms with E-state index < -0.39 is 5.41 Å². The molecule has 0 unspecified atom stereocenters. The zero-order valence-electron chi connectivity index (χ0n) is 9.96. The molecule has 0 bridgehead atoms. The predicted octanol–water partition coefficient (Wildman–Crippen LogP) is 1.37. The fourth-order valence-electron chi connectivity index (χ4n) is 2.21. The highest BCUT2D eigenvalue weighted by Crippen LogP contribution is 2.35. The third-order valence-electron chi connectivity index (χ3n) is 3.74. The summed E-state index contributed by atoms with van der Waals surface area (Å²) in [7, 11) is 0. The van der Waals surface area contributed by atoms with Gasteiger partial charge in [0, 0.05) is 0 Å². The average molecular weight is 219 g/mol. The van der Waals surface area contributed by atoms with E-state index in [9.17, 15) is 4.79 Å². The Kier molecular flexibility index (Phi) is 2.50. The number of primary amides is 1. The summed E-state index contributed by atoms with van der Waals surface area (Å²) in [6.45, 7) is 7.00. The first-order valence-corrected chi connectivity index (χ1v) is 5.44. The number of amides is 1. The fourth-order valence-corrected chi connectivity index (χ4v) is 2.21. The van der Waals surface area contributed by atoms with E-state index in [4.69, 9.17) is 10.5 Å². The molecule has 1 aliphatic heterocycles. The van der Waals surface area contributed by atoms with Gasteiger partial charge in [-0.1, -0.05) is 12.1 Å². The SMILES string of the molecule is Cc1ccc(C2(C(N)=O)COC2)c(C)c1C. The molecule has 2 rings (SSSR count). The molecule has 0 atom stereocenters. The second-order valence-corrected chi connectivity index (χ2v) is 4.62. The lowest BCUT2D eigenvalue weighted by molar-refractivity contribution is -0.141. The van der Waals surface area contributed by atoms with Crippen molar-refractivity contribution in [3.63, 3.8) is 0 Å². The minimum absolute atomic E-state index is 0.287. The van der Waals surface area contributed by atoms with Crippen LogP contribution in [0, 0.1) is 20.8 Å². The van der Waals surface area contributed by atoms with Gasteiger partial charge in [0.15, 0.2) is 0 Å². The summed E-state index contributed by atoms with van der Waals surface area (Å²) in [6.07, 6.45) is 0. The number of carbonyl (C=O) groups excluding carboxylic acids is 1. The summed E-state index contributed by atoms with van der Waals surface area (Å²) >= 11 is 0. The number of carbonyl (C=O) groups is 1. The fraction of sp³-hybridized carbons (Fsp3) is 0.462. The standard InChI is InChI=1S/C13H17NO2/c1-8-4-5-11(10(3)9(8)2)13(12(14)15)6-16-7-13/h4-5H,6-7H2,1-3H3,(H2,14,15). The van der Waals surface area contributed by atoms with Crippen LogP contribution < -0.4 is 5.73 Å². The Hall–Kier alpha value is -1.35. The first-order valence-electron chi connectivity index (χ1n) is 5.44. The van der Waals surface area contributed by atoms with Crippen LogP contribution >= 0.6 is 0 Å². The monoisotopic (exact) mass is 219 g/mol. The molecule has 1 aromatic rings. The number of benzene rings is 1. The Balaban J connectivity index is 2.56. The number of hydrogen-bond donors (Lipinski definition) is 1. The lowest BCUT2D eigenvalue weighted by atomic mass is 9.74. The van der Waals surface area contributed by atoms with Crippen molar-refractivity contribution in [1.82, 2.24) is 0 Å². The molecule has 0 radical (unpaired) electrons. The van der Waals surface area contributed by atoms with E-state index in [-0.39, 0.29) is 5.91 Å². The Morgan fingerprint density at radius 1 is 1.25 bits per heavy atom. The van der Waals surface area contributed by atoms with E-state index >= 15 is 0 Å². The highest BCUT2D eigenvalue weighted by Gasteiger charge is 2.47. The maximum atomic E-state index is 11.6. The second kappa shape index (κ2) is 3.59. The van der Waals surface area contributed by atoms with E-state index in [1.165, 1.54) is 11.1 Å². The van der Waals surface area contributed by atoms with Crippen LogP contribution in [0.2, 0.25) is 0 Å². The van der Waals surface area contributed by atoms with Crippen molar-refractivity contribution in [1.29, 1.82) is 0 Å². The van der Waals surface area contributed by atoms with Crippen LogP contribution in [0.15, 0.2) is 12.1 Å². The van der Waals surface area contributed by atoms with Crippen molar-refractivity contribution in [2.75, 3.05) is 13.2 Å². The quantitative estimate of drug-likeness (QED) is 0.816. The smallest absolute Gasteiger partial charge is 0.232 e. The minimum Gasteiger partial charge on any atom is -0.378 e. The van der Waals surface area contributed by atoms with Gasteiger partial charge in [-0.2, -0.15) is 0 Å². The third-order valence-corrected chi connectivity index (χ3v) is 3.74. The van der Waals surface area contributed by atoms with Crippen LogP contribution in [0.4, 0.5) is 0 Å². The molecule has 0 spiro atoms. The van der Waals surface area contributed by atoms with Crippen LogP contribution in [-0.4, -0.2) is 19.1 Å². The first-order chi connectivity index (χ1) is 7.49. The van der Waals surface area contributed by atoms with Gasteiger partial charge in [0.25, 0.3) is 0 Å². The molecule has 1 aromatic carbocycles. The van der Waals surface area contributed by atoms with Crippen molar-refractivity contribution in [2.45, 2.75) is 26.2 Å². The van der Waals surface area contributed by atoms with E-state index in [0.717, 1.165) is 11.1 Å². The highest BCUT2D eigenvalue weighted by atomic mass is 16.5. The molecular formula is C13H17NO2. The van der Waals surface area contributed by atoms with Crippen LogP contribution in [0.25, 0.3) is 0 Å². The Labute approximate surface area is 95.6 Å². The minimum atomic E-state index is -0.595. The summed E-state index contributed by atoms with van der Waals surface area (Å²) in [5.41, 5.74) is 9.55. The van der Waals surface area contributed by atoms with Gasteiger partial charge < -0.3 is 10.5 Å². The van der Waals surface area contributed by atoms with E-state index in [2.05, 4.69) is 13.8 Å². The number of nitrogens with two attached hydrogens (primary N) is 1. The maximum Gasteiger partial charge on any atom is 0.232 e. The van der Waals surface area contributed by atoms with Crippen LogP contribution in [0.3, 0.4) is 0 Å². The summed E-state index contributed by atoms with van der Waals surface area (Å²) in [5.74, 6) is -0.287. The largest absolute Gasteiger partial charge is 0.378 e. The van der Waals surface area contributed by atoms with Gasteiger partial charge in [0.1, 0.15) is 5.41 Å². The molecule has 1 aliphatic rings. The Morgan fingerprint density at radius 3 is 2.31 bits per heavy atom. The molecule has 0 saturated carbocycles. The predicted molar refractivity (Wildman–Crippen MR) is 62.3 cm³/mol. The van der Waals surface area contributed by atoms with Gasteiger partial charge in [0.05, 0.1) is 13.2 Å².